The molecule has 1 N–H and O–H groups in total. The number of carbonyl (C=O) groups excluding carboxylic acids is 1. The largest absolute Gasteiger partial charge is 0.495 e. The number of nitrogens with zero attached hydrogens (tertiary/aromatic N) is 1. The lowest BCUT2D eigenvalue weighted by atomic mass is 10.1. The molecule has 0 saturated heterocycles. The molecule has 3 rings (SSSR count). The topological polar surface area (TPSA) is 75.7 Å². The number of amides is 1. The van der Waals surface area contributed by atoms with Gasteiger partial charge in [0.1, 0.15) is 17.2 Å². The molecule has 3 aromatic carbocycles. The van der Waals surface area contributed by atoms with Crippen LogP contribution in [0, 0.1) is 24.3 Å². The lowest BCUT2D eigenvalue weighted by Crippen LogP contribution is -2.38. The number of carbonyl (C=O) groups is 1. The zero-order valence-corrected chi connectivity index (χ0v) is 21.3. The number of halogens is 1. The molecule has 6 nitrogen and oxygen atoms in total. The molecule has 0 spiro atoms. The molecule has 0 aliphatic heterocycles. The number of hydrogen-bond donors (Lipinski definition) is 1. The van der Waals surface area contributed by atoms with E-state index in [-0.39, 0.29) is 17.2 Å². The number of nitrogens with one attached hydrogen (secondary N) is 1. The number of hydrogen-bond acceptors (Lipinski definition) is 4. The first kappa shape index (κ1) is 24.1. The molecule has 0 atom stereocenters. The number of methoxy groups -OCH3 is 1. The van der Waals surface area contributed by atoms with Gasteiger partial charge in [-0.3, -0.25) is 9.10 Å². The highest BCUT2D eigenvalue weighted by molar-refractivity contribution is 14.1. The van der Waals surface area contributed by atoms with Crippen LogP contribution in [0.4, 0.5) is 11.4 Å². The number of aryl methyl sites for hydroxylation is 3. The third kappa shape index (κ3) is 5.60. The minimum absolute atomic E-state index is 0.0150. The average Bonchev–Trinajstić information content (AvgIpc) is 2.73. The number of sulfonamides is 1. The van der Waals surface area contributed by atoms with Gasteiger partial charge in [-0.1, -0.05) is 12.1 Å². The second-order valence-electron chi connectivity index (χ2n) is 7.57. The maximum Gasteiger partial charge on any atom is 0.268 e. The summed E-state index contributed by atoms with van der Waals surface area (Å²) < 4.78 is 35.1. The second-order valence-corrected chi connectivity index (χ2v) is 10.6. The van der Waals surface area contributed by atoms with Gasteiger partial charge in [-0.15, -0.1) is 0 Å². The monoisotopic (exact) mass is 564 g/mol. The van der Waals surface area contributed by atoms with Crippen LogP contribution in [0.25, 0.3) is 0 Å². The van der Waals surface area contributed by atoms with Crippen LogP contribution in [0.5, 0.6) is 5.75 Å². The molecule has 32 heavy (non-hydrogen) atoms. The van der Waals surface area contributed by atoms with Crippen LogP contribution in [0.1, 0.15) is 16.7 Å². The van der Waals surface area contributed by atoms with Gasteiger partial charge in [-0.25, -0.2) is 8.42 Å². The summed E-state index contributed by atoms with van der Waals surface area (Å²) in [6, 6.07) is 17.7. The Hall–Kier alpha value is -2.59. The molecule has 0 heterocycles. The molecule has 0 fully saturated rings. The van der Waals surface area contributed by atoms with Crippen molar-refractivity contribution in [2.75, 3.05) is 23.3 Å². The summed E-state index contributed by atoms with van der Waals surface area (Å²) in [7, 11) is -2.68. The van der Waals surface area contributed by atoms with Crippen LogP contribution >= 0.6 is 22.6 Å². The Morgan fingerprint density at radius 1 is 0.938 bits per heavy atom. The van der Waals surface area contributed by atoms with Crippen LogP contribution < -0.4 is 14.4 Å². The van der Waals surface area contributed by atoms with Gasteiger partial charge < -0.3 is 10.1 Å². The van der Waals surface area contributed by atoms with Crippen molar-refractivity contribution in [3.8, 4) is 5.75 Å². The summed E-state index contributed by atoms with van der Waals surface area (Å²) >= 11 is 2.18. The summed E-state index contributed by atoms with van der Waals surface area (Å²) in [5, 5.41) is 2.78. The van der Waals surface area contributed by atoms with Gasteiger partial charge in [0.25, 0.3) is 10.0 Å². The molecule has 168 valence electrons. The van der Waals surface area contributed by atoms with E-state index in [2.05, 4.69) is 27.9 Å². The number of benzene rings is 3. The number of anilines is 2. The molecule has 0 unspecified atom stereocenters. The van der Waals surface area contributed by atoms with Crippen molar-refractivity contribution in [3.05, 3.63) is 80.9 Å². The Labute approximate surface area is 202 Å². The van der Waals surface area contributed by atoms with E-state index in [4.69, 9.17) is 4.74 Å². The Balaban J connectivity index is 2.05. The summed E-state index contributed by atoms with van der Waals surface area (Å²) in [4.78, 5) is 12.9. The summed E-state index contributed by atoms with van der Waals surface area (Å²) in [5.41, 5.74) is 3.59. The maximum atomic E-state index is 13.8. The Morgan fingerprint density at radius 3 is 2.16 bits per heavy atom. The fourth-order valence-corrected chi connectivity index (χ4v) is 5.39. The predicted molar refractivity (Wildman–Crippen MR) is 136 cm³/mol. The van der Waals surface area contributed by atoms with Crippen LogP contribution in [-0.2, 0) is 14.8 Å². The van der Waals surface area contributed by atoms with Gasteiger partial charge in [0.2, 0.25) is 5.91 Å². The van der Waals surface area contributed by atoms with Crippen LogP contribution in [0.3, 0.4) is 0 Å². The highest BCUT2D eigenvalue weighted by Gasteiger charge is 2.30. The first-order valence-corrected chi connectivity index (χ1v) is 12.4. The fourth-order valence-electron chi connectivity index (χ4n) is 3.38. The van der Waals surface area contributed by atoms with E-state index in [1.807, 2.05) is 39.0 Å². The molecule has 0 saturated carbocycles. The first-order valence-electron chi connectivity index (χ1n) is 9.91. The summed E-state index contributed by atoms with van der Waals surface area (Å²) in [5.74, 6) is -0.219. The third-order valence-corrected chi connectivity index (χ3v) is 7.31. The van der Waals surface area contributed by atoms with Gasteiger partial charge in [0.15, 0.2) is 0 Å². The average molecular weight is 564 g/mol. The minimum Gasteiger partial charge on any atom is -0.495 e. The third-order valence-electron chi connectivity index (χ3n) is 4.80. The van der Waals surface area contributed by atoms with Crippen molar-refractivity contribution in [3.63, 3.8) is 0 Å². The van der Waals surface area contributed by atoms with Gasteiger partial charge in [-0.2, -0.15) is 0 Å². The lowest BCUT2D eigenvalue weighted by Gasteiger charge is -2.26. The molecule has 0 radical (unpaired) electrons. The maximum absolute atomic E-state index is 13.8. The molecular formula is C24H25IN2O4S. The van der Waals surface area contributed by atoms with E-state index in [9.17, 15) is 13.2 Å². The Kier molecular flexibility index (Phi) is 7.45. The van der Waals surface area contributed by atoms with Crippen molar-refractivity contribution in [1.29, 1.82) is 0 Å². The van der Waals surface area contributed by atoms with Gasteiger partial charge in [0, 0.05) is 9.26 Å². The molecule has 0 aliphatic rings. The molecule has 0 aliphatic carbocycles. The summed E-state index contributed by atoms with van der Waals surface area (Å²) in [6.07, 6.45) is 0. The van der Waals surface area contributed by atoms with E-state index >= 15 is 0 Å². The van der Waals surface area contributed by atoms with Crippen molar-refractivity contribution in [2.24, 2.45) is 0 Å². The number of ether oxygens (including phenoxy) is 1. The van der Waals surface area contributed by atoms with Crippen molar-refractivity contribution < 1.29 is 17.9 Å². The standard InChI is InChI=1S/C24H25IN2O4S/c1-16-5-10-22(31-4)23(14-16)32(29,30)27(21-12-17(2)11-18(3)13-21)15-24(28)26-20-8-6-19(25)7-9-20/h5-14H,15H2,1-4H3,(H,26,28). The van der Waals surface area contributed by atoms with Crippen molar-refractivity contribution in [1.82, 2.24) is 0 Å². The quantitative estimate of drug-likeness (QED) is 0.408. The van der Waals surface area contributed by atoms with Crippen molar-refractivity contribution >= 4 is 49.9 Å². The van der Waals surface area contributed by atoms with Gasteiger partial charge >= 0.3 is 0 Å². The fraction of sp³-hybridized carbons (Fsp3) is 0.208. The van der Waals surface area contributed by atoms with Crippen LogP contribution in [0.2, 0.25) is 0 Å². The summed E-state index contributed by atoms with van der Waals surface area (Å²) in [6.45, 7) is 5.21. The van der Waals surface area contributed by atoms with Crippen LogP contribution in [0.15, 0.2) is 65.6 Å². The van der Waals surface area contributed by atoms with E-state index in [1.54, 1.807) is 42.5 Å². The molecule has 1 amide bonds. The molecular weight excluding hydrogens is 539 g/mol. The zero-order chi connectivity index (χ0) is 23.5. The lowest BCUT2D eigenvalue weighted by molar-refractivity contribution is -0.114. The molecule has 0 bridgehead atoms. The zero-order valence-electron chi connectivity index (χ0n) is 18.3. The minimum atomic E-state index is -4.10. The SMILES string of the molecule is COc1ccc(C)cc1S(=O)(=O)N(CC(=O)Nc1ccc(I)cc1)c1cc(C)cc(C)c1. The van der Waals surface area contributed by atoms with E-state index in [0.717, 1.165) is 24.6 Å². The smallest absolute Gasteiger partial charge is 0.268 e. The van der Waals surface area contributed by atoms with E-state index < -0.39 is 15.9 Å². The normalized spacial score (nSPS) is 11.2. The second kappa shape index (κ2) is 9.91. The Bertz CT molecular complexity index is 1220. The van der Waals surface area contributed by atoms with E-state index in [0.29, 0.717) is 11.4 Å². The number of rotatable bonds is 7. The molecule has 3 aromatic rings. The predicted octanol–water partition coefficient (Wildman–Crippen LogP) is 5.06. The van der Waals surface area contributed by atoms with Gasteiger partial charge in [-0.05, 0) is 109 Å². The highest BCUT2D eigenvalue weighted by atomic mass is 127. The molecule has 0 aromatic heterocycles. The Morgan fingerprint density at radius 2 is 1.56 bits per heavy atom. The molecule has 8 heteroatoms. The first-order chi connectivity index (χ1) is 15.1. The highest BCUT2D eigenvalue weighted by Crippen LogP contribution is 2.31. The van der Waals surface area contributed by atoms with Gasteiger partial charge in [0.05, 0.1) is 12.8 Å². The van der Waals surface area contributed by atoms with E-state index in [1.165, 1.54) is 7.11 Å². The van der Waals surface area contributed by atoms with Crippen LogP contribution in [-0.4, -0.2) is 28.0 Å². The van der Waals surface area contributed by atoms with Crippen molar-refractivity contribution in [2.45, 2.75) is 25.7 Å².